The molecule has 0 spiro atoms. The first-order valence-electron chi connectivity index (χ1n) is 5.93. The van der Waals surface area contributed by atoms with Crippen molar-refractivity contribution in [3.63, 3.8) is 0 Å². The highest BCUT2D eigenvalue weighted by Crippen LogP contribution is 2.30. The molecule has 0 aliphatic rings. The SMILES string of the molecule is CC(Br)(CBr)CCc1c(O)c2ccccc2oc1=O. The van der Waals surface area contributed by atoms with Crippen LogP contribution < -0.4 is 5.63 Å². The molecule has 102 valence electrons. The molecule has 0 saturated heterocycles. The number of hydrogen-bond donors (Lipinski definition) is 1. The van der Waals surface area contributed by atoms with Crippen LogP contribution in [0.1, 0.15) is 18.9 Å². The van der Waals surface area contributed by atoms with Crippen LogP contribution in [0.5, 0.6) is 5.75 Å². The second-order valence-electron chi connectivity index (χ2n) is 4.76. The van der Waals surface area contributed by atoms with E-state index in [0.717, 1.165) is 11.8 Å². The minimum Gasteiger partial charge on any atom is -0.507 e. The molecule has 1 aromatic carbocycles. The van der Waals surface area contributed by atoms with Gasteiger partial charge in [-0.2, -0.15) is 0 Å². The van der Waals surface area contributed by atoms with Crippen molar-refractivity contribution in [3.8, 4) is 5.75 Å². The summed E-state index contributed by atoms with van der Waals surface area (Å²) in [4.78, 5) is 11.9. The number of alkyl halides is 2. The summed E-state index contributed by atoms with van der Waals surface area (Å²) in [7, 11) is 0. The summed E-state index contributed by atoms with van der Waals surface area (Å²) in [6.45, 7) is 2.03. The zero-order valence-electron chi connectivity index (χ0n) is 10.5. The lowest BCUT2D eigenvalue weighted by atomic mass is 10.0. The van der Waals surface area contributed by atoms with Crippen molar-refractivity contribution < 1.29 is 9.52 Å². The first-order chi connectivity index (χ1) is 8.94. The first-order valence-corrected chi connectivity index (χ1v) is 7.84. The van der Waals surface area contributed by atoms with E-state index in [-0.39, 0.29) is 10.1 Å². The smallest absolute Gasteiger partial charge is 0.343 e. The van der Waals surface area contributed by atoms with E-state index in [9.17, 15) is 9.90 Å². The maximum atomic E-state index is 11.9. The fourth-order valence-electron chi connectivity index (χ4n) is 1.84. The Hall–Kier alpha value is -0.810. The molecule has 0 fully saturated rings. The highest BCUT2D eigenvalue weighted by Gasteiger charge is 2.21. The highest BCUT2D eigenvalue weighted by molar-refractivity contribution is 9.12. The summed E-state index contributed by atoms with van der Waals surface area (Å²) in [6, 6.07) is 6.99. The molecule has 3 nitrogen and oxygen atoms in total. The fraction of sp³-hybridized carbons (Fsp3) is 0.357. The highest BCUT2D eigenvalue weighted by atomic mass is 79.9. The number of rotatable bonds is 4. The Morgan fingerprint density at radius 1 is 1.37 bits per heavy atom. The molecule has 0 aliphatic heterocycles. The average molecular weight is 390 g/mol. The lowest BCUT2D eigenvalue weighted by molar-refractivity contribution is 0.453. The van der Waals surface area contributed by atoms with Gasteiger partial charge in [-0.1, -0.05) is 44.0 Å². The standard InChI is InChI=1S/C14H14Br2O3/c1-14(16,8-15)7-6-10-12(17)9-4-2-3-5-11(9)19-13(10)18/h2-5,17H,6-8H2,1H3. The van der Waals surface area contributed by atoms with Crippen molar-refractivity contribution in [2.75, 3.05) is 5.33 Å². The van der Waals surface area contributed by atoms with Gasteiger partial charge in [-0.05, 0) is 31.9 Å². The number of hydrogen-bond acceptors (Lipinski definition) is 3. The zero-order chi connectivity index (χ0) is 14.0. The minimum atomic E-state index is -0.464. The molecule has 0 radical (unpaired) electrons. The van der Waals surface area contributed by atoms with Crippen LogP contribution in [0.3, 0.4) is 0 Å². The summed E-state index contributed by atoms with van der Waals surface area (Å²) in [5, 5.41) is 11.6. The van der Waals surface area contributed by atoms with Crippen LogP contribution in [0.2, 0.25) is 0 Å². The molecule has 1 heterocycles. The quantitative estimate of drug-likeness (QED) is 0.635. The minimum absolute atomic E-state index is 0.0322. The largest absolute Gasteiger partial charge is 0.507 e. The van der Waals surface area contributed by atoms with Crippen molar-refractivity contribution in [1.29, 1.82) is 0 Å². The van der Waals surface area contributed by atoms with E-state index < -0.39 is 5.63 Å². The molecule has 1 atom stereocenters. The number of aromatic hydroxyl groups is 1. The molecule has 5 heteroatoms. The van der Waals surface area contributed by atoms with Gasteiger partial charge in [0.25, 0.3) is 0 Å². The lowest BCUT2D eigenvalue weighted by Gasteiger charge is -2.18. The number of fused-ring (bicyclic) bond motifs is 1. The maximum absolute atomic E-state index is 11.9. The van der Waals surface area contributed by atoms with Crippen molar-refractivity contribution in [2.45, 2.75) is 24.1 Å². The Bertz CT molecular complexity index is 647. The van der Waals surface area contributed by atoms with E-state index in [4.69, 9.17) is 4.42 Å². The number of halogens is 2. The lowest BCUT2D eigenvalue weighted by Crippen LogP contribution is -2.20. The van der Waals surface area contributed by atoms with Gasteiger partial charge in [0.15, 0.2) is 0 Å². The second-order valence-corrected chi connectivity index (χ2v) is 7.24. The third-order valence-corrected chi connectivity index (χ3v) is 5.72. The van der Waals surface area contributed by atoms with Gasteiger partial charge in [-0.3, -0.25) is 0 Å². The maximum Gasteiger partial charge on any atom is 0.343 e. The van der Waals surface area contributed by atoms with E-state index in [1.165, 1.54) is 0 Å². The van der Waals surface area contributed by atoms with E-state index in [1.807, 2.05) is 6.92 Å². The van der Waals surface area contributed by atoms with E-state index in [2.05, 4.69) is 31.9 Å². The molecule has 0 amide bonds. The number of para-hydroxylation sites is 1. The van der Waals surface area contributed by atoms with Crippen LogP contribution in [0.4, 0.5) is 0 Å². The van der Waals surface area contributed by atoms with Gasteiger partial charge >= 0.3 is 5.63 Å². The summed E-state index contributed by atoms with van der Waals surface area (Å²) >= 11 is 6.99. The first kappa shape index (κ1) is 14.6. The van der Waals surface area contributed by atoms with Gasteiger partial charge in [0.1, 0.15) is 11.3 Å². The van der Waals surface area contributed by atoms with E-state index in [0.29, 0.717) is 23.0 Å². The third-order valence-electron chi connectivity index (χ3n) is 3.05. The van der Waals surface area contributed by atoms with Gasteiger partial charge < -0.3 is 9.52 Å². The molecule has 2 rings (SSSR count). The Kier molecular flexibility index (Phi) is 4.36. The van der Waals surface area contributed by atoms with Crippen LogP contribution in [0.15, 0.2) is 33.5 Å². The van der Waals surface area contributed by atoms with Crippen molar-refractivity contribution in [1.82, 2.24) is 0 Å². The van der Waals surface area contributed by atoms with Crippen LogP contribution in [-0.2, 0) is 6.42 Å². The summed E-state index contributed by atoms with van der Waals surface area (Å²) in [6.07, 6.45) is 1.18. The van der Waals surface area contributed by atoms with Crippen LogP contribution in [0, 0.1) is 0 Å². The fourth-order valence-corrected chi connectivity index (χ4v) is 2.32. The predicted molar refractivity (Wildman–Crippen MR) is 83.6 cm³/mol. The van der Waals surface area contributed by atoms with Crippen LogP contribution in [0.25, 0.3) is 11.0 Å². The van der Waals surface area contributed by atoms with Crippen LogP contribution in [-0.4, -0.2) is 14.8 Å². The molecule has 0 bridgehead atoms. The monoisotopic (exact) mass is 388 g/mol. The molecule has 19 heavy (non-hydrogen) atoms. The predicted octanol–water partition coefficient (Wildman–Crippen LogP) is 3.98. The van der Waals surface area contributed by atoms with Crippen LogP contribution >= 0.6 is 31.9 Å². The molecule has 2 aromatic rings. The Morgan fingerprint density at radius 3 is 2.74 bits per heavy atom. The zero-order valence-corrected chi connectivity index (χ0v) is 13.6. The summed E-state index contributed by atoms with van der Waals surface area (Å²) in [5.74, 6) is 0.0322. The Labute approximate surface area is 127 Å². The van der Waals surface area contributed by atoms with Gasteiger partial charge in [0, 0.05) is 9.65 Å². The normalized spacial score (nSPS) is 14.5. The molecule has 0 aliphatic carbocycles. The number of benzene rings is 1. The molecular formula is C14H14Br2O3. The molecule has 1 N–H and O–H groups in total. The van der Waals surface area contributed by atoms with Gasteiger partial charge in [0.2, 0.25) is 0 Å². The molecule has 1 aromatic heterocycles. The molecule has 0 saturated carbocycles. The Morgan fingerprint density at radius 2 is 2.05 bits per heavy atom. The summed E-state index contributed by atoms with van der Waals surface area (Å²) in [5.41, 5.74) is 0.287. The second kappa shape index (κ2) is 5.67. The third kappa shape index (κ3) is 3.20. The summed E-state index contributed by atoms with van der Waals surface area (Å²) < 4.78 is 5.12. The molecule has 1 unspecified atom stereocenters. The molecular weight excluding hydrogens is 376 g/mol. The topological polar surface area (TPSA) is 50.4 Å². The van der Waals surface area contributed by atoms with E-state index >= 15 is 0 Å². The average Bonchev–Trinajstić information content (AvgIpc) is 2.38. The van der Waals surface area contributed by atoms with Gasteiger partial charge in [-0.15, -0.1) is 0 Å². The van der Waals surface area contributed by atoms with Crippen molar-refractivity contribution in [3.05, 3.63) is 40.2 Å². The van der Waals surface area contributed by atoms with Crippen molar-refractivity contribution >= 4 is 42.8 Å². The van der Waals surface area contributed by atoms with Gasteiger partial charge in [-0.25, -0.2) is 4.79 Å². The van der Waals surface area contributed by atoms with Crippen molar-refractivity contribution in [2.24, 2.45) is 0 Å². The van der Waals surface area contributed by atoms with Gasteiger partial charge in [0.05, 0.1) is 10.9 Å². The Balaban J connectivity index is 2.41. The van der Waals surface area contributed by atoms with E-state index in [1.54, 1.807) is 24.3 Å².